The van der Waals surface area contributed by atoms with Crippen molar-refractivity contribution in [2.75, 3.05) is 6.54 Å². The van der Waals surface area contributed by atoms with E-state index in [0.29, 0.717) is 11.7 Å². The molecule has 5 heteroatoms. The molecule has 0 amide bonds. The average molecular weight is 299 g/mol. The molecule has 108 valence electrons. The molecule has 1 N–H and O–H groups in total. The van der Waals surface area contributed by atoms with Crippen LogP contribution in [0.2, 0.25) is 0 Å². The highest BCUT2D eigenvalue weighted by molar-refractivity contribution is 7.10. The van der Waals surface area contributed by atoms with Crippen LogP contribution in [-0.4, -0.2) is 16.7 Å². The maximum Gasteiger partial charge on any atom is 0.227 e. The van der Waals surface area contributed by atoms with Gasteiger partial charge in [-0.2, -0.15) is 4.98 Å². The molecule has 0 bridgehead atoms. The average Bonchev–Trinajstić information content (AvgIpc) is 3.14. The number of benzene rings is 1. The monoisotopic (exact) mass is 299 g/mol. The smallest absolute Gasteiger partial charge is 0.227 e. The van der Waals surface area contributed by atoms with Crippen LogP contribution in [0.4, 0.5) is 0 Å². The van der Waals surface area contributed by atoms with Crippen LogP contribution in [0.3, 0.4) is 0 Å². The van der Waals surface area contributed by atoms with Crippen LogP contribution in [0.1, 0.15) is 16.6 Å². The Morgan fingerprint density at radius 2 is 2.05 bits per heavy atom. The third kappa shape index (κ3) is 3.77. The van der Waals surface area contributed by atoms with Gasteiger partial charge in [-0.1, -0.05) is 35.5 Å². The maximum absolute atomic E-state index is 5.08. The molecule has 2 heterocycles. The molecule has 3 aromatic rings. The molecule has 0 fully saturated rings. The summed E-state index contributed by atoms with van der Waals surface area (Å²) in [7, 11) is 0. The van der Waals surface area contributed by atoms with E-state index in [4.69, 9.17) is 4.52 Å². The van der Waals surface area contributed by atoms with E-state index in [9.17, 15) is 0 Å². The largest absolute Gasteiger partial charge is 0.339 e. The van der Waals surface area contributed by atoms with Crippen LogP contribution in [0.25, 0.3) is 11.1 Å². The fourth-order valence-electron chi connectivity index (χ4n) is 2.10. The fraction of sp³-hybridized carbons (Fsp3) is 0.250. The molecule has 0 saturated carbocycles. The van der Waals surface area contributed by atoms with E-state index in [1.54, 1.807) is 11.3 Å². The minimum absolute atomic E-state index is 0.691. The lowest BCUT2D eigenvalue weighted by molar-refractivity contribution is 0.372. The Hall–Kier alpha value is -1.98. The molecule has 21 heavy (non-hydrogen) atoms. The number of aryl methyl sites for hydroxylation is 1. The summed E-state index contributed by atoms with van der Waals surface area (Å²) in [6.45, 7) is 3.53. The molecule has 3 rings (SSSR count). The first-order chi connectivity index (χ1) is 10.3. The van der Waals surface area contributed by atoms with Crippen molar-refractivity contribution in [3.05, 3.63) is 58.4 Å². The van der Waals surface area contributed by atoms with Gasteiger partial charge in [-0.15, -0.1) is 11.3 Å². The number of aromatic nitrogens is 2. The van der Waals surface area contributed by atoms with E-state index in [0.717, 1.165) is 19.5 Å². The SMILES string of the molecule is Cc1noc(CCNCc2cc(-c3ccccc3)cs2)n1. The number of hydrogen-bond donors (Lipinski definition) is 1. The summed E-state index contributed by atoms with van der Waals surface area (Å²) in [5.74, 6) is 1.38. The first kappa shape index (κ1) is 14.0. The van der Waals surface area contributed by atoms with Crippen LogP contribution in [0.15, 0.2) is 46.3 Å². The lowest BCUT2D eigenvalue weighted by atomic mass is 10.1. The Kier molecular flexibility index (Phi) is 4.43. The second-order valence-corrected chi connectivity index (χ2v) is 5.83. The summed E-state index contributed by atoms with van der Waals surface area (Å²) in [6.07, 6.45) is 0.762. The zero-order valence-corrected chi connectivity index (χ0v) is 12.7. The molecular weight excluding hydrogens is 282 g/mol. The second kappa shape index (κ2) is 6.65. The standard InChI is InChI=1S/C16H17N3OS/c1-12-18-16(20-19-12)7-8-17-10-15-9-14(11-21-15)13-5-3-2-4-6-13/h2-6,9,11,17H,7-8,10H2,1H3. The first-order valence-electron chi connectivity index (χ1n) is 6.94. The number of rotatable bonds is 6. The van der Waals surface area contributed by atoms with Crippen molar-refractivity contribution in [3.63, 3.8) is 0 Å². The van der Waals surface area contributed by atoms with Gasteiger partial charge in [0.15, 0.2) is 5.82 Å². The van der Waals surface area contributed by atoms with E-state index in [-0.39, 0.29) is 0 Å². The van der Waals surface area contributed by atoms with E-state index < -0.39 is 0 Å². The summed E-state index contributed by atoms with van der Waals surface area (Å²) in [5.41, 5.74) is 2.55. The van der Waals surface area contributed by atoms with Crippen molar-refractivity contribution in [1.29, 1.82) is 0 Å². The highest BCUT2D eigenvalue weighted by Crippen LogP contribution is 2.25. The predicted octanol–water partition coefficient (Wildman–Crippen LogP) is 3.44. The Bertz CT molecular complexity index is 690. The number of thiophene rings is 1. The lowest BCUT2D eigenvalue weighted by Gasteiger charge is -2.00. The molecule has 0 aliphatic carbocycles. The number of hydrogen-bond acceptors (Lipinski definition) is 5. The minimum atomic E-state index is 0.691. The Labute approximate surface area is 127 Å². The van der Waals surface area contributed by atoms with Gasteiger partial charge in [-0.05, 0) is 29.5 Å². The number of nitrogens with one attached hydrogen (secondary N) is 1. The zero-order valence-electron chi connectivity index (χ0n) is 11.9. The highest BCUT2D eigenvalue weighted by atomic mass is 32.1. The minimum Gasteiger partial charge on any atom is -0.339 e. The molecule has 4 nitrogen and oxygen atoms in total. The predicted molar refractivity (Wildman–Crippen MR) is 84.2 cm³/mol. The first-order valence-corrected chi connectivity index (χ1v) is 7.82. The molecule has 0 radical (unpaired) electrons. The molecule has 0 atom stereocenters. The Morgan fingerprint density at radius 3 is 2.81 bits per heavy atom. The zero-order chi connectivity index (χ0) is 14.5. The topological polar surface area (TPSA) is 51.0 Å². The third-order valence-corrected chi connectivity index (χ3v) is 4.08. The van der Waals surface area contributed by atoms with Gasteiger partial charge in [0.25, 0.3) is 0 Å². The molecular formula is C16H17N3OS. The van der Waals surface area contributed by atoms with Crippen molar-refractivity contribution in [3.8, 4) is 11.1 Å². The number of nitrogens with zero attached hydrogens (tertiary/aromatic N) is 2. The van der Waals surface area contributed by atoms with Crippen LogP contribution in [0, 0.1) is 6.92 Å². The van der Waals surface area contributed by atoms with Crippen molar-refractivity contribution < 1.29 is 4.52 Å². The van der Waals surface area contributed by atoms with Crippen LogP contribution >= 0.6 is 11.3 Å². The van der Waals surface area contributed by atoms with E-state index in [1.807, 2.05) is 13.0 Å². The van der Waals surface area contributed by atoms with E-state index in [2.05, 4.69) is 51.2 Å². The molecule has 0 aliphatic heterocycles. The van der Waals surface area contributed by atoms with Crippen molar-refractivity contribution in [2.45, 2.75) is 19.9 Å². The quantitative estimate of drug-likeness (QED) is 0.708. The van der Waals surface area contributed by atoms with Crippen molar-refractivity contribution in [1.82, 2.24) is 15.5 Å². The van der Waals surface area contributed by atoms with E-state index >= 15 is 0 Å². The van der Waals surface area contributed by atoms with Crippen LogP contribution in [0.5, 0.6) is 0 Å². The van der Waals surface area contributed by atoms with Gasteiger partial charge in [0.1, 0.15) is 0 Å². The van der Waals surface area contributed by atoms with Gasteiger partial charge in [-0.25, -0.2) is 0 Å². The molecule has 0 saturated heterocycles. The molecule has 0 spiro atoms. The molecule has 0 aliphatic rings. The summed E-state index contributed by atoms with van der Waals surface area (Å²) < 4.78 is 5.08. The molecule has 0 unspecified atom stereocenters. The van der Waals surface area contributed by atoms with Gasteiger partial charge >= 0.3 is 0 Å². The summed E-state index contributed by atoms with van der Waals surface area (Å²) in [4.78, 5) is 5.51. The molecule has 1 aromatic carbocycles. The van der Waals surface area contributed by atoms with Gasteiger partial charge in [-0.3, -0.25) is 0 Å². The highest BCUT2D eigenvalue weighted by Gasteiger charge is 2.04. The van der Waals surface area contributed by atoms with Gasteiger partial charge in [0.05, 0.1) is 0 Å². The normalized spacial score (nSPS) is 10.9. The summed E-state index contributed by atoms with van der Waals surface area (Å²) in [5, 5.41) is 9.39. The fourth-order valence-corrected chi connectivity index (χ4v) is 2.97. The van der Waals surface area contributed by atoms with Gasteiger partial charge < -0.3 is 9.84 Å². The van der Waals surface area contributed by atoms with Gasteiger partial charge in [0, 0.05) is 24.4 Å². The second-order valence-electron chi connectivity index (χ2n) is 4.83. The Balaban J connectivity index is 1.49. The molecule has 2 aromatic heterocycles. The third-order valence-electron chi connectivity index (χ3n) is 3.15. The van der Waals surface area contributed by atoms with Crippen molar-refractivity contribution in [2.24, 2.45) is 0 Å². The lowest BCUT2D eigenvalue weighted by Crippen LogP contribution is -2.16. The van der Waals surface area contributed by atoms with Crippen LogP contribution in [-0.2, 0) is 13.0 Å². The Morgan fingerprint density at radius 1 is 1.19 bits per heavy atom. The van der Waals surface area contributed by atoms with Crippen LogP contribution < -0.4 is 5.32 Å². The van der Waals surface area contributed by atoms with Crippen molar-refractivity contribution >= 4 is 11.3 Å². The summed E-state index contributed by atoms with van der Waals surface area (Å²) in [6, 6.07) is 12.7. The van der Waals surface area contributed by atoms with Gasteiger partial charge in [0.2, 0.25) is 5.89 Å². The van der Waals surface area contributed by atoms with E-state index in [1.165, 1.54) is 16.0 Å². The summed E-state index contributed by atoms with van der Waals surface area (Å²) >= 11 is 1.78. The maximum atomic E-state index is 5.08.